The third kappa shape index (κ3) is 2.38. The number of benzene rings is 1. The highest BCUT2D eigenvalue weighted by atomic mass is 15.3. The highest BCUT2D eigenvalue weighted by Gasteiger charge is 2.19. The molecule has 20 heavy (non-hydrogen) atoms. The number of fused-ring (bicyclic) bond motifs is 1. The Labute approximate surface area is 121 Å². The first-order valence-electron chi connectivity index (χ1n) is 7.70. The van der Waals surface area contributed by atoms with Crippen molar-refractivity contribution in [1.29, 1.82) is 0 Å². The van der Waals surface area contributed by atoms with Gasteiger partial charge in [0.05, 0.1) is 11.7 Å². The maximum atomic E-state index is 4.41. The predicted molar refractivity (Wildman–Crippen MR) is 81.9 cm³/mol. The normalized spacial score (nSPS) is 15.3. The fourth-order valence-electron chi connectivity index (χ4n) is 3.22. The molecule has 0 radical (unpaired) electrons. The van der Waals surface area contributed by atoms with Crippen LogP contribution in [0.5, 0.6) is 0 Å². The van der Waals surface area contributed by atoms with E-state index in [1.54, 1.807) is 0 Å². The van der Waals surface area contributed by atoms with Crippen molar-refractivity contribution < 1.29 is 0 Å². The van der Waals surface area contributed by atoms with Crippen LogP contribution in [0, 0.1) is 0 Å². The predicted octanol–water partition coefficient (Wildman–Crippen LogP) is 3.09. The van der Waals surface area contributed by atoms with Crippen molar-refractivity contribution in [2.75, 3.05) is 6.54 Å². The quantitative estimate of drug-likeness (QED) is 0.904. The molecular weight excluding hydrogens is 246 g/mol. The first-order valence-corrected chi connectivity index (χ1v) is 7.70. The molecular formula is C17H23N3. The summed E-state index contributed by atoms with van der Waals surface area (Å²) in [5.41, 5.74) is 5.69. The fourth-order valence-corrected chi connectivity index (χ4v) is 3.22. The zero-order valence-electron chi connectivity index (χ0n) is 12.4. The summed E-state index contributed by atoms with van der Waals surface area (Å²) >= 11 is 0. The Morgan fingerprint density at radius 2 is 2.05 bits per heavy atom. The van der Waals surface area contributed by atoms with Gasteiger partial charge in [-0.1, -0.05) is 25.1 Å². The van der Waals surface area contributed by atoms with Crippen LogP contribution in [0.2, 0.25) is 0 Å². The number of aryl methyl sites for hydroxylation is 3. The SMILES string of the molecule is CCNC(c1ccc2c(c1)CCC2)c1ccnn1CC. The van der Waals surface area contributed by atoms with Crippen molar-refractivity contribution in [3.05, 3.63) is 52.8 Å². The van der Waals surface area contributed by atoms with E-state index in [1.807, 2.05) is 6.20 Å². The summed E-state index contributed by atoms with van der Waals surface area (Å²) in [7, 11) is 0. The van der Waals surface area contributed by atoms with Crippen molar-refractivity contribution in [3.63, 3.8) is 0 Å². The number of nitrogens with zero attached hydrogens (tertiary/aromatic N) is 2. The molecule has 1 unspecified atom stereocenters. The number of rotatable bonds is 5. The topological polar surface area (TPSA) is 29.9 Å². The lowest BCUT2D eigenvalue weighted by Crippen LogP contribution is -2.25. The van der Waals surface area contributed by atoms with E-state index >= 15 is 0 Å². The third-order valence-corrected chi connectivity index (χ3v) is 4.21. The van der Waals surface area contributed by atoms with Crippen LogP contribution in [-0.4, -0.2) is 16.3 Å². The molecule has 1 aromatic carbocycles. The van der Waals surface area contributed by atoms with Crippen LogP contribution in [0.3, 0.4) is 0 Å². The van der Waals surface area contributed by atoms with E-state index in [2.05, 4.69) is 53.2 Å². The Bertz CT molecular complexity index is 586. The number of aromatic nitrogens is 2. The molecule has 0 aliphatic heterocycles. The summed E-state index contributed by atoms with van der Waals surface area (Å²) in [4.78, 5) is 0. The molecule has 0 fully saturated rings. The second-order valence-electron chi connectivity index (χ2n) is 5.44. The molecule has 0 saturated carbocycles. The lowest BCUT2D eigenvalue weighted by molar-refractivity contribution is 0.542. The number of hydrogen-bond acceptors (Lipinski definition) is 2. The molecule has 1 aromatic heterocycles. The molecule has 0 spiro atoms. The minimum absolute atomic E-state index is 0.244. The summed E-state index contributed by atoms with van der Waals surface area (Å²) in [5, 5.41) is 8.02. The van der Waals surface area contributed by atoms with E-state index in [9.17, 15) is 0 Å². The van der Waals surface area contributed by atoms with Crippen LogP contribution >= 0.6 is 0 Å². The molecule has 106 valence electrons. The molecule has 1 aliphatic rings. The van der Waals surface area contributed by atoms with Gasteiger partial charge in [-0.15, -0.1) is 0 Å². The van der Waals surface area contributed by atoms with Crippen molar-refractivity contribution >= 4 is 0 Å². The van der Waals surface area contributed by atoms with Gasteiger partial charge in [-0.05, 0) is 55.5 Å². The van der Waals surface area contributed by atoms with Crippen molar-refractivity contribution in [2.45, 2.75) is 45.7 Å². The number of hydrogen-bond donors (Lipinski definition) is 1. The molecule has 1 N–H and O–H groups in total. The van der Waals surface area contributed by atoms with Gasteiger partial charge < -0.3 is 5.32 Å². The lowest BCUT2D eigenvalue weighted by atomic mass is 9.99. The average Bonchev–Trinajstić information content (AvgIpc) is 3.12. The van der Waals surface area contributed by atoms with Crippen molar-refractivity contribution in [3.8, 4) is 0 Å². The average molecular weight is 269 g/mol. The zero-order valence-corrected chi connectivity index (χ0v) is 12.4. The molecule has 1 aliphatic carbocycles. The van der Waals surface area contributed by atoms with Gasteiger partial charge in [0.2, 0.25) is 0 Å². The highest BCUT2D eigenvalue weighted by molar-refractivity contribution is 5.39. The maximum absolute atomic E-state index is 4.41. The summed E-state index contributed by atoms with van der Waals surface area (Å²) in [6.07, 6.45) is 5.68. The van der Waals surface area contributed by atoms with Crippen molar-refractivity contribution in [1.82, 2.24) is 15.1 Å². The van der Waals surface area contributed by atoms with Gasteiger partial charge >= 0.3 is 0 Å². The largest absolute Gasteiger partial charge is 0.305 e. The maximum Gasteiger partial charge on any atom is 0.0748 e. The summed E-state index contributed by atoms with van der Waals surface area (Å²) in [6.45, 7) is 6.17. The Hall–Kier alpha value is -1.61. The molecule has 1 heterocycles. The van der Waals surface area contributed by atoms with Gasteiger partial charge in [0.15, 0.2) is 0 Å². The van der Waals surface area contributed by atoms with Crippen LogP contribution in [-0.2, 0) is 19.4 Å². The van der Waals surface area contributed by atoms with Crippen LogP contribution < -0.4 is 5.32 Å². The zero-order chi connectivity index (χ0) is 13.9. The molecule has 2 aromatic rings. The first kappa shape index (κ1) is 13.4. The van der Waals surface area contributed by atoms with E-state index in [-0.39, 0.29) is 6.04 Å². The van der Waals surface area contributed by atoms with Gasteiger partial charge in [-0.2, -0.15) is 5.10 Å². The van der Waals surface area contributed by atoms with E-state index in [1.165, 1.54) is 41.6 Å². The molecule has 0 amide bonds. The van der Waals surface area contributed by atoms with E-state index in [4.69, 9.17) is 0 Å². The Kier molecular flexibility index (Phi) is 3.88. The summed E-state index contributed by atoms with van der Waals surface area (Å²) < 4.78 is 2.08. The Morgan fingerprint density at radius 1 is 1.20 bits per heavy atom. The fraction of sp³-hybridized carbons (Fsp3) is 0.471. The monoisotopic (exact) mass is 269 g/mol. The van der Waals surface area contributed by atoms with E-state index in [0.29, 0.717) is 0 Å². The van der Waals surface area contributed by atoms with Crippen LogP contribution in [0.15, 0.2) is 30.5 Å². The van der Waals surface area contributed by atoms with Gasteiger partial charge in [-0.3, -0.25) is 4.68 Å². The minimum atomic E-state index is 0.244. The molecule has 0 saturated heterocycles. The Morgan fingerprint density at radius 3 is 2.85 bits per heavy atom. The van der Waals surface area contributed by atoms with Crippen molar-refractivity contribution in [2.24, 2.45) is 0 Å². The molecule has 0 bridgehead atoms. The molecule has 3 nitrogen and oxygen atoms in total. The summed E-state index contributed by atoms with van der Waals surface area (Å²) in [6, 6.07) is 9.36. The van der Waals surface area contributed by atoms with Crippen LogP contribution in [0.1, 0.15) is 48.7 Å². The first-order chi connectivity index (χ1) is 9.83. The third-order valence-electron chi connectivity index (χ3n) is 4.21. The van der Waals surface area contributed by atoms with Gasteiger partial charge in [0, 0.05) is 12.7 Å². The molecule has 3 heteroatoms. The van der Waals surface area contributed by atoms with Gasteiger partial charge in [0.1, 0.15) is 0 Å². The van der Waals surface area contributed by atoms with Crippen LogP contribution in [0.25, 0.3) is 0 Å². The molecule has 1 atom stereocenters. The number of nitrogens with one attached hydrogen (secondary N) is 1. The standard InChI is InChI=1S/C17H23N3/c1-3-18-17(16-10-11-19-20(16)4-2)15-9-8-13-6-5-7-14(13)12-15/h8-12,17-18H,3-7H2,1-2H3. The smallest absolute Gasteiger partial charge is 0.0748 e. The van der Waals surface area contributed by atoms with E-state index < -0.39 is 0 Å². The minimum Gasteiger partial charge on any atom is -0.305 e. The summed E-state index contributed by atoms with van der Waals surface area (Å²) in [5.74, 6) is 0. The lowest BCUT2D eigenvalue weighted by Gasteiger charge is -2.20. The second-order valence-corrected chi connectivity index (χ2v) is 5.44. The Balaban J connectivity index is 1.98. The van der Waals surface area contributed by atoms with Gasteiger partial charge in [-0.25, -0.2) is 0 Å². The second kappa shape index (κ2) is 5.80. The molecule has 3 rings (SSSR count). The van der Waals surface area contributed by atoms with Crippen LogP contribution in [0.4, 0.5) is 0 Å². The van der Waals surface area contributed by atoms with E-state index in [0.717, 1.165) is 13.1 Å². The van der Waals surface area contributed by atoms with Gasteiger partial charge in [0.25, 0.3) is 0 Å². The highest BCUT2D eigenvalue weighted by Crippen LogP contribution is 2.28.